The molecule has 0 aliphatic carbocycles. The number of nitrogens with zero attached hydrogens (tertiary/aromatic N) is 3. The zero-order valence-electron chi connectivity index (χ0n) is 20.4. The van der Waals surface area contributed by atoms with Gasteiger partial charge in [-0.05, 0) is 41.5 Å². The highest BCUT2D eigenvalue weighted by Gasteiger charge is 2.27. The molecule has 2 aliphatic heterocycles. The van der Waals surface area contributed by atoms with Crippen molar-refractivity contribution >= 4 is 21.9 Å². The fourth-order valence-electron chi connectivity index (χ4n) is 5.05. The van der Waals surface area contributed by atoms with Gasteiger partial charge in [-0.15, -0.1) is 0 Å². The molecule has 8 nitrogen and oxygen atoms in total. The van der Waals surface area contributed by atoms with Gasteiger partial charge in [0.05, 0.1) is 28.7 Å². The molecule has 0 radical (unpaired) electrons. The quantitative estimate of drug-likeness (QED) is 0.320. The van der Waals surface area contributed by atoms with Crippen LogP contribution in [0.4, 0.5) is 0 Å². The van der Waals surface area contributed by atoms with E-state index in [-0.39, 0.29) is 16.5 Å². The van der Waals surface area contributed by atoms with Crippen LogP contribution in [0, 0.1) is 5.41 Å². The van der Waals surface area contributed by atoms with E-state index in [0.29, 0.717) is 28.2 Å². The molecule has 7 rings (SSSR count). The molecule has 0 saturated heterocycles. The predicted molar refractivity (Wildman–Crippen MR) is 149 cm³/mol. The first-order valence-electron chi connectivity index (χ1n) is 12.3. The summed E-state index contributed by atoms with van der Waals surface area (Å²) in [5.74, 6) is 0.320. The lowest BCUT2D eigenvalue weighted by Gasteiger charge is -2.23. The van der Waals surface area contributed by atoms with Crippen molar-refractivity contribution in [1.82, 2.24) is 19.5 Å². The number of nitrogens with one attached hydrogen (secondary N) is 2. The minimum absolute atomic E-state index is 0.0329. The summed E-state index contributed by atoms with van der Waals surface area (Å²) < 4.78 is 7.74. The van der Waals surface area contributed by atoms with E-state index in [2.05, 4.69) is 15.0 Å². The average molecular weight is 510 g/mol. The molecule has 0 bridgehead atoms. The summed E-state index contributed by atoms with van der Waals surface area (Å²) in [5.41, 5.74) is 3.56. The number of pyridine rings is 2. The number of aromatic nitrogens is 4. The number of fused-ring (bicyclic) bond motifs is 4. The molecule has 0 spiro atoms. The molecule has 0 atom stereocenters. The van der Waals surface area contributed by atoms with E-state index in [9.17, 15) is 9.59 Å². The van der Waals surface area contributed by atoms with Gasteiger partial charge in [0.15, 0.2) is 5.82 Å². The van der Waals surface area contributed by atoms with Crippen LogP contribution in [-0.4, -0.2) is 19.5 Å². The van der Waals surface area contributed by atoms with Crippen molar-refractivity contribution in [2.75, 3.05) is 0 Å². The molecule has 0 fully saturated rings. The van der Waals surface area contributed by atoms with E-state index < -0.39 is 11.1 Å². The van der Waals surface area contributed by atoms with Gasteiger partial charge in [-0.2, -0.15) is 4.98 Å². The zero-order chi connectivity index (χ0) is 26.5. The molecule has 5 aromatic rings. The zero-order valence-corrected chi connectivity index (χ0v) is 20.4. The van der Waals surface area contributed by atoms with Gasteiger partial charge in [0, 0.05) is 11.1 Å². The molecule has 4 heterocycles. The van der Waals surface area contributed by atoms with Crippen LogP contribution >= 0.6 is 0 Å². The number of para-hydroxylation sites is 2. The molecule has 0 unspecified atom stereocenters. The van der Waals surface area contributed by atoms with Crippen LogP contribution in [0.15, 0.2) is 117 Å². The Kier molecular flexibility index (Phi) is 5.06. The predicted octanol–water partition coefficient (Wildman–Crippen LogP) is 5.13. The van der Waals surface area contributed by atoms with Crippen LogP contribution in [-0.2, 0) is 0 Å². The van der Waals surface area contributed by atoms with E-state index in [1.165, 1.54) is 6.33 Å². The number of hydrogen-bond donors (Lipinski definition) is 2. The van der Waals surface area contributed by atoms with Gasteiger partial charge in [0.1, 0.15) is 11.0 Å². The Morgan fingerprint density at radius 1 is 0.821 bits per heavy atom. The highest BCUT2D eigenvalue weighted by atomic mass is 16.3. The standard InChI is InChI=1S/C31H19N5O3/c32-28-22(15-19-11-7-8-14-24(19)39-28)23-16-21(18-9-3-1-4-10-18)25-27-26(30(37)34-17-33-27)31(38)35-29(25)36(23)20-12-5-2-6-13-20/h1-17,32H,(H,33,34,37). The van der Waals surface area contributed by atoms with Crippen LogP contribution in [0.3, 0.4) is 0 Å². The van der Waals surface area contributed by atoms with Crippen LogP contribution in [0.5, 0.6) is 0 Å². The second-order valence-electron chi connectivity index (χ2n) is 9.08. The lowest BCUT2D eigenvalue weighted by atomic mass is 9.94. The van der Waals surface area contributed by atoms with Crippen LogP contribution < -0.4 is 16.7 Å². The summed E-state index contributed by atoms with van der Waals surface area (Å²) in [4.78, 5) is 37.4. The van der Waals surface area contributed by atoms with Crippen LogP contribution in [0.25, 0.3) is 61.3 Å². The number of benzene rings is 3. The fraction of sp³-hybridized carbons (Fsp3) is 0. The molecule has 186 valence electrons. The van der Waals surface area contributed by atoms with Crippen molar-refractivity contribution in [3.8, 4) is 39.5 Å². The van der Waals surface area contributed by atoms with Gasteiger partial charge in [0.25, 0.3) is 11.1 Å². The Morgan fingerprint density at radius 2 is 1.54 bits per heavy atom. The summed E-state index contributed by atoms with van der Waals surface area (Å²) >= 11 is 0. The first-order valence-corrected chi connectivity index (χ1v) is 12.3. The van der Waals surface area contributed by atoms with Crippen molar-refractivity contribution in [1.29, 1.82) is 5.41 Å². The van der Waals surface area contributed by atoms with E-state index in [1.807, 2.05) is 102 Å². The molecule has 2 N–H and O–H groups in total. The number of aromatic amines is 1. The third-order valence-corrected chi connectivity index (χ3v) is 6.79. The van der Waals surface area contributed by atoms with Crippen molar-refractivity contribution < 1.29 is 4.42 Å². The monoisotopic (exact) mass is 509 g/mol. The van der Waals surface area contributed by atoms with Crippen molar-refractivity contribution in [3.63, 3.8) is 0 Å². The Morgan fingerprint density at radius 3 is 2.33 bits per heavy atom. The first-order chi connectivity index (χ1) is 19.1. The summed E-state index contributed by atoms with van der Waals surface area (Å²) in [7, 11) is 0. The third kappa shape index (κ3) is 3.58. The molecule has 3 aromatic carbocycles. The largest absolute Gasteiger partial charge is 0.438 e. The topological polar surface area (TPSA) is 118 Å². The second kappa shape index (κ2) is 8.74. The normalized spacial score (nSPS) is 11.4. The summed E-state index contributed by atoms with van der Waals surface area (Å²) in [6, 6.07) is 30.5. The number of hydrogen-bond acceptors (Lipinski definition) is 6. The molecule has 0 saturated carbocycles. The Balaban J connectivity index is 1.74. The van der Waals surface area contributed by atoms with E-state index >= 15 is 0 Å². The lowest BCUT2D eigenvalue weighted by molar-refractivity contribution is 0.535. The summed E-state index contributed by atoms with van der Waals surface area (Å²) in [5, 5.41) is 9.54. The first kappa shape index (κ1) is 22.6. The van der Waals surface area contributed by atoms with Gasteiger partial charge < -0.3 is 9.40 Å². The SMILES string of the molecule is N=c1oc2ccccc2cc1-c1cc(-c2ccccc2)c2c3nc[nH]c(=O)c3c(=O)nc-2n1-c1ccccc1. The van der Waals surface area contributed by atoms with Gasteiger partial charge in [0.2, 0.25) is 5.55 Å². The van der Waals surface area contributed by atoms with E-state index in [1.54, 1.807) is 0 Å². The van der Waals surface area contributed by atoms with Crippen LogP contribution in [0.2, 0.25) is 0 Å². The summed E-state index contributed by atoms with van der Waals surface area (Å²) in [6.07, 6.45) is 1.29. The minimum atomic E-state index is -0.679. The maximum Gasteiger partial charge on any atom is 0.286 e. The second-order valence-corrected chi connectivity index (χ2v) is 9.08. The van der Waals surface area contributed by atoms with E-state index in [4.69, 9.17) is 9.83 Å². The molecule has 0 amide bonds. The Hall–Kier alpha value is -5.63. The average Bonchev–Trinajstić information content (AvgIpc) is 2.97. The molecular formula is C31H19N5O3. The minimum Gasteiger partial charge on any atom is -0.438 e. The molecule has 2 aliphatic rings. The lowest BCUT2D eigenvalue weighted by Crippen LogP contribution is -2.23. The number of H-pyrrole nitrogens is 1. The third-order valence-electron chi connectivity index (χ3n) is 6.79. The van der Waals surface area contributed by atoms with Crippen molar-refractivity contribution in [3.05, 3.63) is 130 Å². The summed E-state index contributed by atoms with van der Waals surface area (Å²) in [6.45, 7) is 0. The van der Waals surface area contributed by atoms with Gasteiger partial charge in [-0.1, -0.05) is 66.7 Å². The molecular weight excluding hydrogens is 490 g/mol. The van der Waals surface area contributed by atoms with Gasteiger partial charge in [-0.3, -0.25) is 19.6 Å². The van der Waals surface area contributed by atoms with Crippen molar-refractivity contribution in [2.24, 2.45) is 0 Å². The maximum absolute atomic E-state index is 13.3. The smallest absolute Gasteiger partial charge is 0.286 e. The van der Waals surface area contributed by atoms with Gasteiger partial charge >= 0.3 is 0 Å². The van der Waals surface area contributed by atoms with Gasteiger partial charge in [-0.25, -0.2) is 4.98 Å². The molecule has 39 heavy (non-hydrogen) atoms. The Bertz CT molecular complexity index is 2180. The van der Waals surface area contributed by atoms with E-state index in [0.717, 1.165) is 22.2 Å². The van der Waals surface area contributed by atoms with Crippen LogP contribution in [0.1, 0.15) is 0 Å². The molecule has 8 heteroatoms. The molecule has 2 aromatic heterocycles. The highest BCUT2D eigenvalue weighted by molar-refractivity contribution is 6.01. The Labute approximate surface area is 220 Å². The maximum atomic E-state index is 13.3. The fourth-order valence-corrected chi connectivity index (χ4v) is 5.05. The highest BCUT2D eigenvalue weighted by Crippen LogP contribution is 2.40. The van der Waals surface area contributed by atoms with Crippen molar-refractivity contribution in [2.45, 2.75) is 0 Å². The number of rotatable bonds is 3.